The number of anilines is 1. The molecule has 0 bridgehead atoms. The van der Waals surface area contributed by atoms with Crippen LogP contribution in [0.4, 0.5) is 5.69 Å². The first kappa shape index (κ1) is 18.8. The number of ether oxygens (including phenoxy) is 1. The van der Waals surface area contributed by atoms with Crippen LogP contribution in [0.15, 0.2) is 91.1 Å². The Kier molecular flexibility index (Phi) is 5.36. The van der Waals surface area contributed by atoms with Gasteiger partial charge < -0.3 is 14.6 Å². The number of hydrogen-bond donors (Lipinski definition) is 1. The molecule has 0 radical (unpaired) electrons. The quantitative estimate of drug-likeness (QED) is 0.441. The molecule has 1 N–H and O–H groups in total. The number of nitrogens with zero attached hydrogens (tertiary/aromatic N) is 1. The molecule has 0 aliphatic rings. The van der Waals surface area contributed by atoms with E-state index in [4.69, 9.17) is 16.3 Å². The van der Waals surface area contributed by atoms with Gasteiger partial charge in [0.25, 0.3) is 5.91 Å². The van der Waals surface area contributed by atoms with Crippen LogP contribution in [0.2, 0.25) is 5.02 Å². The molecule has 29 heavy (non-hydrogen) atoms. The number of carbonyl (C=O) groups is 1. The van der Waals surface area contributed by atoms with Crippen molar-refractivity contribution in [1.29, 1.82) is 0 Å². The average Bonchev–Trinajstić information content (AvgIpc) is 3.21. The third-order valence-corrected chi connectivity index (χ3v) is 4.86. The maximum absolute atomic E-state index is 13.1. The average molecular weight is 403 g/mol. The van der Waals surface area contributed by atoms with E-state index in [1.54, 1.807) is 31.4 Å². The van der Waals surface area contributed by atoms with E-state index in [9.17, 15) is 4.79 Å². The van der Waals surface area contributed by atoms with Crippen molar-refractivity contribution in [2.24, 2.45) is 0 Å². The van der Waals surface area contributed by atoms with Crippen molar-refractivity contribution >= 4 is 23.2 Å². The second-order valence-corrected chi connectivity index (χ2v) is 6.91. The van der Waals surface area contributed by atoms with Gasteiger partial charge in [-0.3, -0.25) is 4.79 Å². The molecule has 1 amide bonds. The minimum absolute atomic E-state index is 0.187. The summed E-state index contributed by atoms with van der Waals surface area (Å²) in [5.74, 6) is 0.565. The minimum atomic E-state index is -0.187. The van der Waals surface area contributed by atoms with E-state index in [0.29, 0.717) is 16.3 Å². The summed E-state index contributed by atoms with van der Waals surface area (Å²) in [5, 5.41) is 3.57. The maximum atomic E-state index is 13.1. The number of halogens is 1. The summed E-state index contributed by atoms with van der Waals surface area (Å²) in [7, 11) is 1.64. The molecule has 1 aromatic heterocycles. The van der Waals surface area contributed by atoms with Crippen molar-refractivity contribution in [3.63, 3.8) is 0 Å². The second-order valence-electron chi connectivity index (χ2n) is 6.48. The smallest absolute Gasteiger partial charge is 0.257 e. The number of aromatic nitrogens is 1. The van der Waals surface area contributed by atoms with Crippen molar-refractivity contribution in [3.05, 3.63) is 102 Å². The van der Waals surface area contributed by atoms with Gasteiger partial charge in [-0.2, -0.15) is 0 Å². The van der Waals surface area contributed by atoms with Crippen molar-refractivity contribution in [2.45, 2.75) is 0 Å². The lowest BCUT2D eigenvalue weighted by Crippen LogP contribution is -2.13. The van der Waals surface area contributed by atoms with Crippen LogP contribution >= 0.6 is 11.6 Å². The van der Waals surface area contributed by atoms with Crippen LogP contribution in [0.5, 0.6) is 5.75 Å². The molecule has 1 heterocycles. The van der Waals surface area contributed by atoms with E-state index in [1.165, 1.54) is 0 Å². The van der Waals surface area contributed by atoms with Crippen LogP contribution in [-0.2, 0) is 0 Å². The van der Waals surface area contributed by atoms with Crippen LogP contribution in [0.3, 0.4) is 0 Å². The normalized spacial score (nSPS) is 10.6. The first-order valence-corrected chi connectivity index (χ1v) is 9.51. The maximum Gasteiger partial charge on any atom is 0.257 e. The van der Waals surface area contributed by atoms with Crippen LogP contribution in [0.25, 0.3) is 16.9 Å². The minimum Gasteiger partial charge on any atom is -0.497 e. The highest BCUT2D eigenvalue weighted by Crippen LogP contribution is 2.30. The zero-order valence-corrected chi connectivity index (χ0v) is 16.6. The highest BCUT2D eigenvalue weighted by atomic mass is 35.5. The zero-order valence-electron chi connectivity index (χ0n) is 15.8. The number of carbonyl (C=O) groups excluding carboxylic acids is 1. The van der Waals surface area contributed by atoms with Crippen molar-refractivity contribution < 1.29 is 9.53 Å². The molecule has 144 valence electrons. The molecular weight excluding hydrogens is 384 g/mol. The Bertz CT molecular complexity index is 1140. The molecule has 4 aromatic rings. The molecule has 3 aromatic carbocycles. The summed E-state index contributed by atoms with van der Waals surface area (Å²) in [6, 6.07) is 26.5. The fraction of sp³-hybridized carbons (Fsp3) is 0.0417. The second kappa shape index (κ2) is 8.25. The predicted octanol–water partition coefficient (Wildman–Crippen LogP) is 6.06. The molecule has 0 atom stereocenters. The number of hydrogen-bond acceptors (Lipinski definition) is 2. The molecule has 4 rings (SSSR count). The van der Waals surface area contributed by atoms with E-state index >= 15 is 0 Å². The van der Waals surface area contributed by atoms with E-state index in [0.717, 1.165) is 22.7 Å². The number of benzene rings is 3. The summed E-state index contributed by atoms with van der Waals surface area (Å²) < 4.78 is 7.36. The van der Waals surface area contributed by atoms with E-state index in [1.807, 2.05) is 71.4 Å². The number of rotatable bonds is 5. The highest BCUT2D eigenvalue weighted by Gasteiger charge is 2.19. The third-order valence-electron chi connectivity index (χ3n) is 4.61. The number of nitrogens with one attached hydrogen (secondary N) is 1. The fourth-order valence-corrected chi connectivity index (χ4v) is 3.34. The Morgan fingerprint density at radius 2 is 1.69 bits per heavy atom. The molecule has 0 spiro atoms. The molecular formula is C24H19ClN2O2. The van der Waals surface area contributed by atoms with E-state index in [2.05, 4.69) is 5.32 Å². The molecule has 5 heteroatoms. The van der Waals surface area contributed by atoms with Gasteiger partial charge in [0.1, 0.15) is 5.75 Å². The van der Waals surface area contributed by atoms with Gasteiger partial charge in [0.15, 0.2) is 0 Å². The standard InChI is InChI=1S/C24H19ClN2O2/c1-29-21-9-5-8-20(16-21)27-15-14-22(23(27)17-6-3-2-4-7-17)24(28)26-19-12-10-18(25)11-13-19/h2-16H,1H3,(H,26,28). The van der Waals surface area contributed by atoms with Crippen LogP contribution < -0.4 is 10.1 Å². The lowest BCUT2D eigenvalue weighted by molar-refractivity contribution is 0.102. The topological polar surface area (TPSA) is 43.3 Å². The molecule has 0 aliphatic heterocycles. The predicted molar refractivity (Wildman–Crippen MR) is 117 cm³/mol. The summed E-state index contributed by atoms with van der Waals surface area (Å²) in [6.07, 6.45) is 1.90. The number of methoxy groups -OCH3 is 1. The van der Waals surface area contributed by atoms with Gasteiger partial charge in [0, 0.05) is 28.7 Å². The van der Waals surface area contributed by atoms with Crippen LogP contribution in [0, 0.1) is 0 Å². The lowest BCUT2D eigenvalue weighted by atomic mass is 10.1. The van der Waals surface area contributed by atoms with Gasteiger partial charge in [0.05, 0.1) is 18.4 Å². The molecule has 0 saturated heterocycles. The fourth-order valence-electron chi connectivity index (χ4n) is 3.21. The Balaban J connectivity index is 1.79. The lowest BCUT2D eigenvalue weighted by Gasteiger charge is -2.13. The molecule has 0 unspecified atom stereocenters. The summed E-state index contributed by atoms with van der Waals surface area (Å²) in [5.41, 5.74) is 3.93. The van der Waals surface area contributed by atoms with Gasteiger partial charge in [-0.1, -0.05) is 48.0 Å². The monoisotopic (exact) mass is 402 g/mol. The SMILES string of the molecule is COc1cccc(-n2ccc(C(=O)Nc3ccc(Cl)cc3)c2-c2ccccc2)c1. The largest absolute Gasteiger partial charge is 0.497 e. The molecule has 0 saturated carbocycles. The van der Waals surface area contributed by atoms with Gasteiger partial charge in [0.2, 0.25) is 0 Å². The first-order chi connectivity index (χ1) is 14.2. The molecule has 4 nitrogen and oxygen atoms in total. The van der Waals surface area contributed by atoms with Crippen LogP contribution in [0.1, 0.15) is 10.4 Å². The van der Waals surface area contributed by atoms with Crippen molar-refractivity contribution in [1.82, 2.24) is 4.57 Å². The third kappa shape index (κ3) is 4.03. The summed E-state index contributed by atoms with van der Waals surface area (Å²) in [4.78, 5) is 13.1. The van der Waals surface area contributed by atoms with Gasteiger partial charge >= 0.3 is 0 Å². The van der Waals surface area contributed by atoms with Crippen molar-refractivity contribution in [2.75, 3.05) is 12.4 Å². The van der Waals surface area contributed by atoms with Gasteiger partial charge in [-0.05, 0) is 48.0 Å². The highest BCUT2D eigenvalue weighted by molar-refractivity contribution is 6.30. The Hall–Kier alpha value is -3.50. The van der Waals surface area contributed by atoms with Gasteiger partial charge in [-0.15, -0.1) is 0 Å². The molecule has 0 fully saturated rings. The number of amides is 1. The summed E-state index contributed by atoms with van der Waals surface area (Å²) in [6.45, 7) is 0. The Morgan fingerprint density at radius 3 is 2.41 bits per heavy atom. The van der Waals surface area contributed by atoms with E-state index in [-0.39, 0.29) is 5.91 Å². The Morgan fingerprint density at radius 1 is 0.931 bits per heavy atom. The summed E-state index contributed by atoms with van der Waals surface area (Å²) >= 11 is 5.94. The van der Waals surface area contributed by atoms with Gasteiger partial charge in [-0.25, -0.2) is 0 Å². The first-order valence-electron chi connectivity index (χ1n) is 9.14. The van der Waals surface area contributed by atoms with Crippen molar-refractivity contribution in [3.8, 4) is 22.7 Å². The molecule has 0 aliphatic carbocycles. The van der Waals surface area contributed by atoms with E-state index < -0.39 is 0 Å². The Labute approximate surface area is 174 Å². The van der Waals surface area contributed by atoms with Crippen LogP contribution in [-0.4, -0.2) is 17.6 Å². The zero-order chi connectivity index (χ0) is 20.2.